The van der Waals surface area contributed by atoms with Gasteiger partial charge in [0.2, 0.25) is 0 Å². The number of aryl methyl sites for hydroxylation is 1. The van der Waals surface area contributed by atoms with Crippen LogP contribution in [0.15, 0.2) is 48.5 Å². The van der Waals surface area contributed by atoms with Crippen LogP contribution in [-0.4, -0.2) is 17.2 Å². The number of amides is 1. The van der Waals surface area contributed by atoms with Gasteiger partial charge in [0, 0.05) is 5.02 Å². The van der Waals surface area contributed by atoms with E-state index in [0.717, 1.165) is 11.1 Å². The Labute approximate surface area is 145 Å². The van der Waals surface area contributed by atoms with E-state index < -0.39 is 18.1 Å². The molecule has 2 rings (SSSR count). The molecule has 6 heteroatoms. The van der Waals surface area contributed by atoms with Crippen LogP contribution >= 0.6 is 11.6 Å². The van der Waals surface area contributed by atoms with Gasteiger partial charge in [0.25, 0.3) is 0 Å². The second kappa shape index (κ2) is 8.36. The Hall–Kier alpha value is -2.53. The maximum Gasteiger partial charge on any atom is 0.407 e. The van der Waals surface area contributed by atoms with Crippen LogP contribution in [0.5, 0.6) is 0 Å². The number of carbonyl (C=O) groups is 2. The first kappa shape index (κ1) is 17.8. The van der Waals surface area contributed by atoms with E-state index in [-0.39, 0.29) is 13.0 Å². The molecule has 126 valence electrons. The van der Waals surface area contributed by atoms with Gasteiger partial charge in [-0.1, -0.05) is 54.1 Å². The van der Waals surface area contributed by atoms with Crippen LogP contribution in [0.25, 0.3) is 0 Å². The van der Waals surface area contributed by atoms with E-state index in [1.165, 1.54) is 0 Å². The van der Waals surface area contributed by atoms with Crippen LogP contribution in [0.2, 0.25) is 5.02 Å². The molecule has 24 heavy (non-hydrogen) atoms. The molecule has 0 bridgehead atoms. The number of halogens is 1. The molecule has 0 saturated heterocycles. The number of carbonyl (C=O) groups excluding carboxylic acids is 1. The van der Waals surface area contributed by atoms with Crippen LogP contribution in [0.3, 0.4) is 0 Å². The molecule has 0 saturated carbocycles. The van der Waals surface area contributed by atoms with Crippen LogP contribution in [-0.2, 0) is 16.1 Å². The molecular weight excluding hydrogens is 330 g/mol. The topological polar surface area (TPSA) is 75.6 Å². The van der Waals surface area contributed by atoms with Crippen molar-refractivity contribution in [1.29, 1.82) is 0 Å². The summed E-state index contributed by atoms with van der Waals surface area (Å²) in [6.07, 6.45) is -0.981. The summed E-state index contributed by atoms with van der Waals surface area (Å²) in [4.78, 5) is 23.1. The lowest BCUT2D eigenvalue weighted by atomic mass is 10.0. The fourth-order valence-electron chi connectivity index (χ4n) is 2.24. The molecule has 0 spiro atoms. The monoisotopic (exact) mass is 347 g/mol. The summed E-state index contributed by atoms with van der Waals surface area (Å²) in [6.45, 7) is 1.98. The summed E-state index contributed by atoms with van der Waals surface area (Å²) in [5, 5.41) is 12.1. The molecule has 0 fully saturated rings. The van der Waals surface area contributed by atoms with Crippen molar-refractivity contribution < 1.29 is 19.4 Å². The third kappa shape index (κ3) is 5.28. The second-order valence-electron chi connectivity index (χ2n) is 5.38. The molecule has 0 heterocycles. The maximum absolute atomic E-state index is 12.0. The number of benzene rings is 2. The van der Waals surface area contributed by atoms with Gasteiger partial charge in [-0.25, -0.2) is 4.79 Å². The molecule has 0 aromatic heterocycles. The third-order valence-corrected chi connectivity index (χ3v) is 3.74. The molecule has 2 N–H and O–H groups in total. The van der Waals surface area contributed by atoms with Gasteiger partial charge in [-0.05, 0) is 29.7 Å². The smallest absolute Gasteiger partial charge is 0.407 e. The highest BCUT2D eigenvalue weighted by molar-refractivity contribution is 6.31. The van der Waals surface area contributed by atoms with Gasteiger partial charge in [0.1, 0.15) is 6.61 Å². The number of ether oxygens (including phenoxy) is 1. The molecule has 0 aliphatic carbocycles. The molecule has 0 aliphatic heterocycles. The molecule has 1 amide bonds. The van der Waals surface area contributed by atoms with Gasteiger partial charge < -0.3 is 15.2 Å². The zero-order chi connectivity index (χ0) is 17.5. The average molecular weight is 348 g/mol. The van der Waals surface area contributed by atoms with Gasteiger partial charge >= 0.3 is 12.1 Å². The largest absolute Gasteiger partial charge is 0.481 e. The van der Waals surface area contributed by atoms with Gasteiger partial charge in [-0.2, -0.15) is 0 Å². The van der Waals surface area contributed by atoms with Crippen LogP contribution in [0, 0.1) is 6.92 Å². The molecule has 0 unspecified atom stereocenters. The number of carboxylic acid groups (broad SMARTS) is 1. The second-order valence-corrected chi connectivity index (χ2v) is 5.79. The average Bonchev–Trinajstić information content (AvgIpc) is 2.53. The highest BCUT2D eigenvalue weighted by atomic mass is 35.5. The number of hydrogen-bond donors (Lipinski definition) is 2. The summed E-state index contributed by atoms with van der Waals surface area (Å²) < 4.78 is 5.14. The predicted octanol–water partition coefficient (Wildman–Crippen LogP) is 4.09. The lowest BCUT2D eigenvalue weighted by molar-refractivity contribution is -0.137. The van der Waals surface area contributed by atoms with E-state index in [1.54, 1.807) is 12.1 Å². The highest BCUT2D eigenvalue weighted by Crippen LogP contribution is 2.26. The first-order valence-electron chi connectivity index (χ1n) is 7.41. The lowest BCUT2D eigenvalue weighted by Crippen LogP contribution is -2.30. The van der Waals surface area contributed by atoms with Crippen molar-refractivity contribution >= 4 is 23.7 Å². The zero-order valence-corrected chi connectivity index (χ0v) is 13.9. The number of aliphatic carboxylic acids is 1. The first-order chi connectivity index (χ1) is 11.5. The van der Waals surface area contributed by atoms with Crippen LogP contribution < -0.4 is 5.32 Å². The molecule has 2 aromatic carbocycles. The van der Waals surface area contributed by atoms with Crippen molar-refractivity contribution in [2.75, 3.05) is 0 Å². The number of alkyl carbamates (subject to hydrolysis) is 1. The van der Waals surface area contributed by atoms with E-state index >= 15 is 0 Å². The molecule has 1 atom stereocenters. The van der Waals surface area contributed by atoms with Gasteiger partial charge in [-0.3, -0.25) is 4.79 Å². The normalized spacial score (nSPS) is 11.6. The number of nitrogens with one attached hydrogen (secondary N) is 1. The van der Waals surface area contributed by atoms with Crippen molar-refractivity contribution in [2.24, 2.45) is 0 Å². The predicted molar refractivity (Wildman–Crippen MR) is 90.9 cm³/mol. The zero-order valence-electron chi connectivity index (χ0n) is 13.2. The Morgan fingerprint density at radius 1 is 1.21 bits per heavy atom. The molecule has 5 nitrogen and oxygen atoms in total. The minimum atomic E-state index is -1.04. The van der Waals surface area contributed by atoms with Crippen molar-refractivity contribution in [2.45, 2.75) is 26.0 Å². The quantitative estimate of drug-likeness (QED) is 0.825. The summed E-state index contributed by atoms with van der Waals surface area (Å²) in [5.74, 6) is -1.04. The Bertz CT molecular complexity index is 718. The molecular formula is C18H18ClNO4. The number of carboxylic acids is 1. The number of rotatable bonds is 6. The maximum atomic E-state index is 12.0. The lowest BCUT2D eigenvalue weighted by Gasteiger charge is -2.19. The summed E-state index contributed by atoms with van der Waals surface area (Å²) in [6, 6.07) is 13.7. The molecule has 2 aromatic rings. The van der Waals surface area contributed by atoms with E-state index in [9.17, 15) is 9.59 Å². The summed E-state index contributed by atoms with van der Waals surface area (Å²) in [5.41, 5.74) is 2.33. The minimum absolute atomic E-state index is 0.105. The minimum Gasteiger partial charge on any atom is -0.481 e. The van der Waals surface area contributed by atoms with Crippen LogP contribution in [0.4, 0.5) is 4.79 Å². The Morgan fingerprint density at radius 2 is 1.92 bits per heavy atom. The summed E-state index contributed by atoms with van der Waals surface area (Å²) >= 11 is 6.18. The fraction of sp³-hybridized carbons (Fsp3) is 0.222. The summed E-state index contributed by atoms with van der Waals surface area (Å²) in [7, 11) is 0. The van der Waals surface area contributed by atoms with Crippen molar-refractivity contribution in [3.05, 3.63) is 70.2 Å². The van der Waals surface area contributed by atoms with E-state index in [4.69, 9.17) is 21.4 Å². The molecule has 0 aliphatic rings. The van der Waals surface area contributed by atoms with Crippen molar-refractivity contribution in [3.63, 3.8) is 0 Å². The molecule has 0 radical (unpaired) electrons. The van der Waals surface area contributed by atoms with Gasteiger partial charge in [-0.15, -0.1) is 0 Å². The Balaban J connectivity index is 2.05. The van der Waals surface area contributed by atoms with Crippen molar-refractivity contribution in [3.8, 4) is 0 Å². The number of hydrogen-bond acceptors (Lipinski definition) is 3. The van der Waals surface area contributed by atoms with Gasteiger partial charge in [0.15, 0.2) is 0 Å². The van der Waals surface area contributed by atoms with Crippen LogP contribution in [0.1, 0.15) is 29.2 Å². The first-order valence-corrected chi connectivity index (χ1v) is 7.78. The van der Waals surface area contributed by atoms with E-state index in [0.29, 0.717) is 10.6 Å². The fourth-order valence-corrected chi connectivity index (χ4v) is 2.60. The standard InChI is InChI=1S/C18H18ClNO4/c1-12-7-8-14(15(19)9-12)16(10-17(21)22)20-18(23)24-11-13-5-3-2-4-6-13/h2-9,16H,10-11H2,1H3,(H,20,23)(H,21,22)/t16-/m1/s1. The Kier molecular flexibility index (Phi) is 6.21. The highest BCUT2D eigenvalue weighted by Gasteiger charge is 2.21. The van der Waals surface area contributed by atoms with Crippen molar-refractivity contribution in [1.82, 2.24) is 5.32 Å². The van der Waals surface area contributed by atoms with E-state index in [2.05, 4.69) is 5.32 Å². The van der Waals surface area contributed by atoms with E-state index in [1.807, 2.05) is 43.3 Å². The Morgan fingerprint density at radius 3 is 2.54 bits per heavy atom. The SMILES string of the molecule is Cc1ccc([C@@H](CC(=O)O)NC(=O)OCc2ccccc2)c(Cl)c1. The van der Waals surface area contributed by atoms with Gasteiger partial charge in [0.05, 0.1) is 12.5 Å². The third-order valence-electron chi connectivity index (χ3n) is 3.41.